The minimum atomic E-state index is -4.39. The second-order valence-corrected chi connectivity index (χ2v) is 3.76. The number of halogens is 3. The Hall–Kier alpha value is -0.890. The Bertz CT molecular complexity index is 317. The maximum atomic E-state index is 12.2. The molecule has 2 rings (SSSR count). The summed E-state index contributed by atoms with van der Waals surface area (Å²) in [7, 11) is 0. The lowest BCUT2D eigenvalue weighted by Gasteiger charge is -2.11. The molecule has 14 heavy (non-hydrogen) atoms. The van der Waals surface area contributed by atoms with E-state index in [1.807, 2.05) is 0 Å². The summed E-state index contributed by atoms with van der Waals surface area (Å²) in [6.07, 6.45) is -3.49. The molecule has 1 aliphatic rings. The Labute approximate surface area is 81.7 Å². The van der Waals surface area contributed by atoms with Crippen molar-refractivity contribution in [3.63, 3.8) is 0 Å². The van der Waals surface area contributed by atoms with E-state index in [1.165, 1.54) is 0 Å². The molecular formula is C6H7F3N4S. The first-order chi connectivity index (χ1) is 6.57. The van der Waals surface area contributed by atoms with E-state index in [0.717, 1.165) is 13.0 Å². The third-order valence-electron chi connectivity index (χ3n) is 1.75. The van der Waals surface area contributed by atoms with Crippen molar-refractivity contribution in [1.82, 2.24) is 15.6 Å². The zero-order valence-corrected chi connectivity index (χ0v) is 7.82. The predicted molar refractivity (Wildman–Crippen MR) is 44.9 cm³/mol. The smallest absolute Gasteiger partial charge is 0.282 e. The molecule has 1 fully saturated rings. The highest BCUT2D eigenvalue weighted by Crippen LogP contribution is 2.34. The summed E-state index contributed by atoms with van der Waals surface area (Å²) < 4.78 is 36.5. The van der Waals surface area contributed by atoms with Crippen LogP contribution >= 0.6 is 11.3 Å². The van der Waals surface area contributed by atoms with Crippen LogP contribution in [0.3, 0.4) is 0 Å². The Balaban J connectivity index is 2.17. The molecule has 1 saturated heterocycles. The number of hydrogen-bond donors (Lipinski definition) is 1. The quantitative estimate of drug-likeness (QED) is 0.780. The van der Waals surface area contributed by atoms with Crippen molar-refractivity contribution in [2.45, 2.75) is 12.6 Å². The molecule has 0 saturated carbocycles. The summed E-state index contributed by atoms with van der Waals surface area (Å²) in [5.41, 5.74) is 2.91. The number of rotatable bonds is 1. The van der Waals surface area contributed by atoms with Gasteiger partial charge >= 0.3 is 6.18 Å². The lowest BCUT2D eigenvalue weighted by Crippen LogP contribution is -2.30. The first-order valence-electron chi connectivity index (χ1n) is 3.99. The van der Waals surface area contributed by atoms with Crippen LogP contribution in [0.4, 0.5) is 18.3 Å². The van der Waals surface area contributed by atoms with E-state index in [1.54, 1.807) is 5.01 Å². The van der Waals surface area contributed by atoms with Crippen LogP contribution in [0.1, 0.15) is 11.4 Å². The average molecular weight is 224 g/mol. The normalized spacial score (nSPS) is 17.8. The molecule has 4 nitrogen and oxygen atoms in total. The molecule has 0 aromatic carbocycles. The van der Waals surface area contributed by atoms with E-state index in [-0.39, 0.29) is 5.13 Å². The van der Waals surface area contributed by atoms with Gasteiger partial charge < -0.3 is 0 Å². The number of nitrogens with one attached hydrogen (secondary N) is 1. The molecule has 0 atom stereocenters. The maximum Gasteiger partial charge on any atom is 0.445 e. The Morgan fingerprint density at radius 2 is 2.14 bits per heavy atom. The molecule has 0 radical (unpaired) electrons. The van der Waals surface area contributed by atoms with Crippen molar-refractivity contribution in [2.24, 2.45) is 0 Å². The number of alkyl halides is 3. The summed E-state index contributed by atoms with van der Waals surface area (Å²) in [6.45, 7) is 1.44. The predicted octanol–water partition coefficient (Wildman–Crippen LogP) is 1.27. The Kier molecular flexibility index (Phi) is 2.31. The van der Waals surface area contributed by atoms with Crippen molar-refractivity contribution >= 4 is 16.5 Å². The van der Waals surface area contributed by atoms with Crippen molar-refractivity contribution in [1.29, 1.82) is 0 Å². The molecule has 8 heteroatoms. The van der Waals surface area contributed by atoms with Crippen LogP contribution in [-0.4, -0.2) is 23.3 Å². The standard InChI is InChI=1S/C6H7F3N4S/c7-6(8,9)4-11-12-5(14-4)13-3-1-2-10-13/h10H,1-3H2. The Morgan fingerprint density at radius 1 is 1.36 bits per heavy atom. The van der Waals surface area contributed by atoms with E-state index in [0.29, 0.717) is 17.9 Å². The van der Waals surface area contributed by atoms with Crippen LogP contribution in [0.25, 0.3) is 0 Å². The number of aromatic nitrogens is 2. The number of hydrazine groups is 1. The van der Waals surface area contributed by atoms with Crippen LogP contribution in [0.15, 0.2) is 0 Å². The highest BCUT2D eigenvalue weighted by Gasteiger charge is 2.36. The largest absolute Gasteiger partial charge is 0.445 e. The van der Waals surface area contributed by atoms with Crippen molar-refractivity contribution in [2.75, 3.05) is 18.1 Å². The van der Waals surface area contributed by atoms with Gasteiger partial charge in [-0.3, -0.25) is 5.01 Å². The molecule has 0 amide bonds. The lowest BCUT2D eigenvalue weighted by atomic mass is 10.5. The lowest BCUT2D eigenvalue weighted by molar-refractivity contribution is -0.138. The molecule has 0 spiro atoms. The van der Waals surface area contributed by atoms with Gasteiger partial charge in [0.1, 0.15) is 0 Å². The third-order valence-corrected chi connectivity index (χ3v) is 2.74. The molecular weight excluding hydrogens is 217 g/mol. The van der Waals surface area contributed by atoms with Gasteiger partial charge in [-0.05, 0) is 6.42 Å². The van der Waals surface area contributed by atoms with Gasteiger partial charge in [-0.25, -0.2) is 5.43 Å². The molecule has 0 unspecified atom stereocenters. The summed E-state index contributed by atoms with van der Waals surface area (Å²) in [6, 6.07) is 0. The minimum absolute atomic E-state index is 0.273. The van der Waals surface area contributed by atoms with Crippen LogP contribution in [-0.2, 0) is 6.18 Å². The third kappa shape index (κ3) is 1.80. The van der Waals surface area contributed by atoms with Crippen molar-refractivity contribution < 1.29 is 13.2 Å². The molecule has 0 bridgehead atoms. The van der Waals surface area contributed by atoms with Gasteiger partial charge in [0.15, 0.2) is 0 Å². The molecule has 2 heterocycles. The highest BCUT2D eigenvalue weighted by atomic mass is 32.1. The second-order valence-electron chi connectivity index (χ2n) is 2.80. The fourth-order valence-corrected chi connectivity index (χ4v) is 1.85. The maximum absolute atomic E-state index is 12.2. The number of anilines is 1. The minimum Gasteiger partial charge on any atom is -0.282 e. The molecule has 1 aromatic heterocycles. The van der Waals surface area contributed by atoms with Gasteiger partial charge in [-0.15, -0.1) is 10.2 Å². The van der Waals surface area contributed by atoms with E-state index >= 15 is 0 Å². The topological polar surface area (TPSA) is 41.1 Å². The zero-order chi connectivity index (χ0) is 10.2. The van der Waals surface area contributed by atoms with Crippen LogP contribution in [0.2, 0.25) is 0 Å². The van der Waals surface area contributed by atoms with Crippen LogP contribution < -0.4 is 10.4 Å². The van der Waals surface area contributed by atoms with Crippen molar-refractivity contribution in [3.8, 4) is 0 Å². The van der Waals surface area contributed by atoms with Gasteiger partial charge in [0.05, 0.1) is 0 Å². The van der Waals surface area contributed by atoms with Gasteiger partial charge in [-0.2, -0.15) is 13.2 Å². The molecule has 1 aromatic rings. The molecule has 0 aliphatic carbocycles. The van der Waals surface area contributed by atoms with E-state index < -0.39 is 11.2 Å². The van der Waals surface area contributed by atoms with E-state index in [2.05, 4.69) is 15.6 Å². The number of nitrogens with zero attached hydrogens (tertiary/aromatic N) is 3. The fraction of sp³-hybridized carbons (Fsp3) is 0.667. The summed E-state index contributed by atoms with van der Waals surface area (Å²) in [5.74, 6) is 0. The van der Waals surface area contributed by atoms with Gasteiger partial charge in [0.25, 0.3) is 0 Å². The highest BCUT2D eigenvalue weighted by molar-refractivity contribution is 7.15. The zero-order valence-electron chi connectivity index (χ0n) is 7.01. The van der Waals surface area contributed by atoms with E-state index in [4.69, 9.17) is 0 Å². The van der Waals surface area contributed by atoms with Crippen LogP contribution in [0, 0.1) is 0 Å². The van der Waals surface area contributed by atoms with Gasteiger partial charge in [-0.1, -0.05) is 11.3 Å². The summed E-state index contributed by atoms with van der Waals surface area (Å²) >= 11 is 0.553. The summed E-state index contributed by atoms with van der Waals surface area (Å²) in [5, 5.41) is 7.53. The van der Waals surface area contributed by atoms with Gasteiger partial charge in [0.2, 0.25) is 10.1 Å². The average Bonchev–Trinajstić information content (AvgIpc) is 2.73. The first-order valence-corrected chi connectivity index (χ1v) is 4.81. The monoisotopic (exact) mass is 224 g/mol. The fourth-order valence-electron chi connectivity index (χ4n) is 1.13. The SMILES string of the molecule is FC(F)(F)c1nnc(N2CCCN2)s1. The van der Waals surface area contributed by atoms with Crippen molar-refractivity contribution in [3.05, 3.63) is 5.01 Å². The first kappa shape index (κ1) is 9.66. The van der Waals surface area contributed by atoms with Crippen LogP contribution in [0.5, 0.6) is 0 Å². The second kappa shape index (κ2) is 3.35. The molecule has 1 N–H and O–H groups in total. The molecule has 1 aliphatic heterocycles. The van der Waals surface area contributed by atoms with Gasteiger partial charge in [0, 0.05) is 13.1 Å². The number of hydrogen-bond acceptors (Lipinski definition) is 5. The Morgan fingerprint density at radius 3 is 2.64 bits per heavy atom. The summed E-state index contributed by atoms with van der Waals surface area (Å²) in [4.78, 5) is 0. The molecule has 78 valence electrons. The van der Waals surface area contributed by atoms with E-state index in [9.17, 15) is 13.2 Å².